The molecule has 2 heterocycles. The Hall–Kier alpha value is -1.04. The molecule has 0 saturated carbocycles. The van der Waals surface area contributed by atoms with E-state index >= 15 is 0 Å². The normalized spacial score (nSPS) is 32.6. The van der Waals surface area contributed by atoms with E-state index in [0.29, 0.717) is 23.9 Å². The molecule has 3 N–H and O–H groups in total. The molecule has 0 aromatic rings. The van der Waals surface area contributed by atoms with Crippen molar-refractivity contribution < 1.29 is 0 Å². The number of rotatable bonds is 4. The minimum absolute atomic E-state index is 0.326. The molecule has 0 aromatic heterocycles. The molecule has 0 aliphatic carbocycles. The number of hydrogen-bond acceptors (Lipinski definition) is 2. The lowest BCUT2D eigenvalue weighted by atomic mass is 9.71. The standard InChI is InChI=1S/C18H28N2/c1-5-7-8-11-18(4,19)15-12-14-9-10-16(20-14)17(15)13(3)6-2/h6,12-14,16-17,20H,2,5,9-11,19H2,1,3-4H3/t13-,14?,16?,17?,18?/m1/s1. The van der Waals surface area contributed by atoms with Crippen molar-refractivity contribution in [2.45, 2.75) is 64.1 Å². The molecule has 20 heavy (non-hydrogen) atoms. The van der Waals surface area contributed by atoms with Crippen LogP contribution >= 0.6 is 0 Å². The van der Waals surface area contributed by atoms with E-state index in [-0.39, 0.29) is 5.54 Å². The second-order valence-corrected chi connectivity index (χ2v) is 6.50. The van der Waals surface area contributed by atoms with Crippen LogP contribution in [0.3, 0.4) is 0 Å². The fraction of sp³-hybridized carbons (Fsp3) is 0.667. The minimum Gasteiger partial charge on any atom is -0.321 e. The van der Waals surface area contributed by atoms with E-state index in [2.05, 4.69) is 56.7 Å². The molecule has 0 amide bonds. The smallest absolute Gasteiger partial charge is 0.0455 e. The van der Waals surface area contributed by atoms with Crippen molar-refractivity contribution in [1.82, 2.24) is 5.32 Å². The van der Waals surface area contributed by atoms with Gasteiger partial charge in [0.05, 0.1) is 0 Å². The summed E-state index contributed by atoms with van der Waals surface area (Å²) in [6.45, 7) is 10.4. The fourth-order valence-corrected chi connectivity index (χ4v) is 3.60. The highest BCUT2D eigenvalue weighted by atomic mass is 15.0. The van der Waals surface area contributed by atoms with Gasteiger partial charge in [0.1, 0.15) is 0 Å². The third-order valence-corrected chi connectivity index (χ3v) is 4.75. The Bertz CT molecular complexity index is 450. The van der Waals surface area contributed by atoms with Crippen LogP contribution in [0, 0.1) is 23.7 Å². The third-order valence-electron chi connectivity index (χ3n) is 4.75. The Kier molecular flexibility index (Phi) is 4.73. The first-order valence-electron chi connectivity index (χ1n) is 7.85. The lowest BCUT2D eigenvalue weighted by molar-refractivity contribution is 0.309. The quantitative estimate of drug-likeness (QED) is 0.610. The van der Waals surface area contributed by atoms with E-state index in [1.165, 1.54) is 18.4 Å². The molecule has 110 valence electrons. The first kappa shape index (κ1) is 15.4. The van der Waals surface area contributed by atoms with Crippen LogP contribution in [0.5, 0.6) is 0 Å². The lowest BCUT2D eigenvalue weighted by Gasteiger charge is -2.41. The average molecular weight is 272 g/mol. The van der Waals surface area contributed by atoms with Gasteiger partial charge >= 0.3 is 0 Å². The number of fused-ring (bicyclic) bond motifs is 2. The van der Waals surface area contributed by atoms with E-state index in [4.69, 9.17) is 5.73 Å². The molecule has 2 bridgehead atoms. The van der Waals surface area contributed by atoms with Gasteiger partial charge in [0.2, 0.25) is 0 Å². The molecule has 2 aliphatic rings. The predicted molar refractivity (Wildman–Crippen MR) is 86.2 cm³/mol. The van der Waals surface area contributed by atoms with Crippen LogP contribution in [-0.2, 0) is 0 Å². The summed E-state index contributed by atoms with van der Waals surface area (Å²) < 4.78 is 0. The number of nitrogens with two attached hydrogens (primary N) is 1. The molecule has 0 spiro atoms. The summed E-state index contributed by atoms with van der Waals surface area (Å²) in [4.78, 5) is 0. The summed E-state index contributed by atoms with van der Waals surface area (Å²) in [5.74, 6) is 7.29. The van der Waals surface area contributed by atoms with E-state index in [1.807, 2.05) is 0 Å². The molecule has 4 unspecified atom stereocenters. The molecular weight excluding hydrogens is 244 g/mol. The van der Waals surface area contributed by atoms with Crippen LogP contribution in [0.15, 0.2) is 24.3 Å². The van der Waals surface area contributed by atoms with E-state index in [1.54, 1.807) is 0 Å². The highest BCUT2D eigenvalue weighted by molar-refractivity contribution is 5.32. The van der Waals surface area contributed by atoms with Crippen molar-refractivity contribution >= 4 is 0 Å². The number of allylic oxidation sites excluding steroid dienone is 1. The summed E-state index contributed by atoms with van der Waals surface area (Å²) in [6.07, 6.45) is 8.55. The minimum atomic E-state index is -0.326. The first-order chi connectivity index (χ1) is 9.49. The largest absolute Gasteiger partial charge is 0.321 e. The number of nitrogens with one attached hydrogen (secondary N) is 1. The zero-order valence-corrected chi connectivity index (χ0v) is 13.1. The maximum absolute atomic E-state index is 6.63. The van der Waals surface area contributed by atoms with Crippen molar-refractivity contribution in [3.63, 3.8) is 0 Å². The number of hydrogen-bond donors (Lipinski definition) is 2. The van der Waals surface area contributed by atoms with Crippen molar-refractivity contribution in [3.05, 3.63) is 24.3 Å². The molecule has 2 nitrogen and oxygen atoms in total. The molecule has 5 atom stereocenters. The van der Waals surface area contributed by atoms with Crippen LogP contribution in [0.2, 0.25) is 0 Å². The third kappa shape index (κ3) is 3.00. The van der Waals surface area contributed by atoms with Crippen LogP contribution in [0.25, 0.3) is 0 Å². The zero-order chi connectivity index (χ0) is 14.8. The van der Waals surface area contributed by atoms with Crippen LogP contribution < -0.4 is 11.1 Å². The summed E-state index contributed by atoms with van der Waals surface area (Å²) in [7, 11) is 0. The average Bonchev–Trinajstić information content (AvgIpc) is 2.79. The molecule has 0 aromatic carbocycles. The van der Waals surface area contributed by atoms with Gasteiger partial charge in [-0.1, -0.05) is 26.0 Å². The molecule has 2 aliphatic heterocycles. The van der Waals surface area contributed by atoms with Gasteiger partial charge < -0.3 is 11.1 Å². The highest BCUT2D eigenvalue weighted by Crippen LogP contribution is 2.41. The van der Waals surface area contributed by atoms with Gasteiger partial charge in [-0.05, 0) is 31.3 Å². The topological polar surface area (TPSA) is 38.0 Å². The predicted octanol–water partition coefficient (Wildman–Crippen LogP) is 3.01. The van der Waals surface area contributed by atoms with Crippen LogP contribution in [-0.4, -0.2) is 17.6 Å². The molecule has 2 rings (SSSR count). The second kappa shape index (κ2) is 6.16. The second-order valence-electron chi connectivity index (χ2n) is 6.50. The van der Waals surface area contributed by atoms with Gasteiger partial charge in [-0.3, -0.25) is 0 Å². The maximum atomic E-state index is 6.63. The van der Waals surface area contributed by atoms with Crippen LogP contribution in [0.4, 0.5) is 0 Å². The summed E-state index contributed by atoms with van der Waals surface area (Å²) >= 11 is 0. The Balaban J connectivity index is 2.28. The molecule has 1 saturated heterocycles. The van der Waals surface area contributed by atoms with Gasteiger partial charge in [-0.15, -0.1) is 18.4 Å². The SMILES string of the molecule is C=C[C@@H](C)C1C(C(C)(N)CC#CCC)=CC2CCC1N2. The van der Waals surface area contributed by atoms with Gasteiger partial charge in [0.25, 0.3) is 0 Å². The molecule has 0 radical (unpaired) electrons. The molecule has 1 fully saturated rings. The van der Waals surface area contributed by atoms with Gasteiger partial charge in [0.15, 0.2) is 0 Å². The van der Waals surface area contributed by atoms with Crippen LogP contribution in [0.1, 0.15) is 46.5 Å². The zero-order valence-electron chi connectivity index (χ0n) is 13.1. The Morgan fingerprint density at radius 3 is 2.95 bits per heavy atom. The maximum Gasteiger partial charge on any atom is 0.0455 e. The summed E-state index contributed by atoms with van der Waals surface area (Å²) in [5.41, 5.74) is 7.70. The summed E-state index contributed by atoms with van der Waals surface area (Å²) in [6, 6.07) is 1.06. The van der Waals surface area contributed by atoms with E-state index in [9.17, 15) is 0 Å². The van der Waals surface area contributed by atoms with Crippen molar-refractivity contribution in [2.75, 3.05) is 0 Å². The van der Waals surface area contributed by atoms with Crippen molar-refractivity contribution in [3.8, 4) is 11.8 Å². The summed E-state index contributed by atoms with van der Waals surface area (Å²) in [5, 5.41) is 3.71. The van der Waals surface area contributed by atoms with E-state index in [0.717, 1.165) is 12.8 Å². The Morgan fingerprint density at radius 1 is 1.55 bits per heavy atom. The molecular formula is C18H28N2. The Labute approximate surface area is 123 Å². The van der Waals surface area contributed by atoms with Gasteiger partial charge in [-0.2, -0.15) is 0 Å². The van der Waals surface area contributed by atoms with E-state index < -0.39 is 0 Å². The van der Waals surface area contributed by atoms with Gasteiger partial charge in [0, 0.05) is 36.4 Å². The molecule has 2 heteroatoms. The fourth-order valence-electron chi connectivity index (χ4n) is 3.60. The van der Waals surface area contributed by atoms with Crippen molar-refractivity contribution in [2.24, 2.45) is 17.6 Å². The highest BCUT2D eigenvalue weighted by Gasteiger charge is 2.43. The lowest BCUT2D eigenvalue weighted by Crippen LogP contribution is -2.51. The Morgan fingerprint density at radius 2 is 2.30 bits per heavy atom. The monoisotopic (exact) mass is 272 g/mol. The van der Waals surface area contributed by atoms with Crippen molar-refractivity contribution in [1.29, 1.82) is 0 Å². The van der Waals surface area contributed by atoms with Gasteiger partial charge in [-0.25, -0.2) is 0 Å². The first-order valence-corrected chi connectivity index (χ1v) is 7.85.